The molecule has 0 aromatic heterocycles. The van der Waals surface area contributed by atoms with Crippen LogP contribution in [0.1, 0.15) is 12.8 Å². The minimum absolute atomic E-state index is 0.143. The third-order valence-electron chi connectivity index (χ3n) is 1.94. The van der Waals surface area contributed by atoms with Gasteiger partial charge in [0.25, 0.3) is 11.8 Å². The summed E-state index contributed by atoms with van der Waals surface area (Å²) >= 11 is 0. The second kappa shape index (κ2) is 9.01. The van der Waals surface area contributed by atoms with Crippen molar-refractivity contribution in [2.24, 2.45) is 0 Å². The van der Waals surface area contributed by atoms with E-state index in [1.807, 2.05) is 0 Å². The largest absolute Gasteiger partial charge is 0.368 e. The van der Waals surface area contributed by atoms with Gasteiger partial charge in [-0.3, -0.25) is 0 Å². The second-order valence-electron chi connectivity index (χ2n) is 4.07. The Morgan fingerprint density at radius 2 is 1.05 bits per heavy atom. The van der Waals surface area contributed by atoms with Crippen LogP contribution in [0.3, 0.4) is 0 Å². The Morgan fingerprint density at radius 3 is 1.33 bits per heavy atom. The van der Waals surface area contributed by atoms with Crippen LogP contribution < -0.4 is 0 Å². The quantitative estimate of drug-likeness (QED) is 0.418. The van der Waals surface area contributed by atoms with Crippen LogP contribution in [-0.4, -0.2) is 37.9 Å². The first kappa shape index (κ1) is 19.9. The van der Waals surface area contributed by atoms with E-state index in [-0.39, 0.29) is 12.2 Å². The fourth-order valence-electron chi connectivity index (χ4n) is 1.11. The van der Waals surface area contributed by atoms with E-state index >= 15 is 0 Å². The Balaban J connectivity index is 4.15. The van der Waals surface area contributed by atoms with Crippen molar-refractivity contribution in [1.82, 2.24) is 0 Å². The van der Waals surface area contributed by atoms with Crippen molar-refractivity contribution in [3.63, 3.8) is 0 Å². The van der Waals surface area contributed by atoms with E-state index in [9.17, 15) is 35.1 Å². The fourth-order valence-corrected chi connectivity index (χ4v) is 1.11. The number of alkyl halides is 8. The van der Waals surface area contributed by atoms with Crippen molar-refractivity contribution in [2.45, 2.75) is 37.5 Å². The van der Waals surface area contributed by atoms with Crippen LogP contribution in [0.2, 0.25) is 0 Å². The van der Waals surface area contributed by atoms with Crippen molar-refractivity contribution in [3.05, 3.63) is 24.3 Å². The van der Waals surface area contributed by atoms with Gasteiger partial charge in [0.2, 0.25) is 12.9 Å². The highest BCUT2D eigenvalue weighted by molar-refractivity contribution is 4.97. The first-order valence-electron chi connectivity index (χ1n) is 5.79. The molecule has 0 aliphatic heterocycles. The lowest BCUT2D eigenvalue weighted by molar-refractivity contribution is -0.0922. The molecular weight excluding hydrogens is 312 g/mol. The molecule has 0 spiro atoms. The van der Waals surface area contributed by atoms with E-state index in [0.717, 1.165) is 0 Å². The molecule has 0 atom stereocenters. The summed E-state index contributed by atoms with van der Waals surface area (Å²) in [5, 5.41) is 0. The highest BCUT2D eigenvalue weighted by Crippen LogP contribution is 2.21. The molecule has 1 nitrogen and oxygen atoms in total. The lowest BCUT2D eigenvalue weighted by atomic mass is 10.2. The van der Waals surface area contributed by atoms with Gasteiger partial charge in [-0.25, -0.2) is 17.6 Å². The Morgan fingerprint density at radius 1 is 0.714 bits per heavy atom. The molecule has 0 unspecified atom stereocenters. The van der Waals surface area contributed by atoms with Gasteiger partial charge in [0.1, 0.15) is 13.2 Å². The molecule has 0 radical (unpaired) electrons. The summed E-state index contributed by atoms with van der Waals surface area (Å²) in [6, 6.07) is 0. The molecule has 0 bridgehead atoms. The molecule has 0 aromatic carbocycles. The van der Waals surface area contributed by atoms with Gasteiger partial charge in [-0.05, 0) is 12.2 Å². The monoisotopic (exact) mass is 326 g/mol. The summed E-state index contributed by atoms with van der Waals surface area (Å²) in [6.07, 6.45) is -6.02. The van der Waals surface area contributed by atoms with Crippen molar-refractivity contribution < 1.29 is 39.9 Å². The van der Waals surface area contributed by atoms with Gasteiger partial charge in [-0.2, -0.15) is 17.6 Å². The minimum Gasteiger partial charge on any atom is -0.368 e. The van der Waals surface area contributed by atoms with Gasteiger partial charge >= 0.3 is 0 Å². The first-order chi connectivity index (χ1) is 9.54. The lowest BCUT2D eigenvalue weighted by Crippen LogP contribution is -2.27. The van der Waals surface area contributed by atoms with Crippen molar-refractivity contribution >= 4 is 0 Å². The maximum atomic E-state index is 13.0. The molecule has 0 heterocycles. The predicted octanol–water partition coefficient (Wildman–Crippen LogP) is 4.70. The number of allylic oxidation sites excluding steroid dienone is 2. The number of hydrogen-bond acceptors (Lipinski definition) is 1. The first-order valence-corrected chi connectivity index (χ1v) is 5.79. The highest BCUT2D eigenvalue weighted by Gasteiger charge is 2.30. The number of hydrogen-bond donors (Lipinski definition) is 0. The second-order valence-corrected chi connectivity index (χ2v) is 4.07. The Bertz CT molecular complexity index is 306. The zero-order valence-corrected chi connectivity index (χ0v) is 10.7. The van der Waals surface area contributed by atoms with Crippen molar-refractivity contribution in [1.29, 1.82) is 0 Å². The fraction of sp³-hybridized carbons (Fsp3) is 0.667. The zero-order valence-electron chi connectivity index (χ0n) is 10.7. The molecule has 9 heteroatoms. The predicted molar refractivity (Wildman–Crippen MR) is 60.2 cm³/mol. The molecule has 0 saturated heterocycles. The summed E-state index contributed by atoms with van der Waals surface area (Å²) in [7, 11) is 0. The average molecular weight is 326 g/mol. The normalized spacial score (nSPS) is 14.2. The number of ether oxygens (including phenoxy) is 1. The molecular formula is C12H14F8O. The van der Waals surface area contributed by atoms with E-state index in [1.165, 1.54) is 0 Å². The Labute approximate surface area is 116 Å². The number of rotatable bonds is 10. The Hall–Kier alpha value is -1.12. The van der Waals surface area contributed by atoms with Crippen molar-refractivity contribution in [3.8, 4) is 0 Å². The molecule has 0 fully saturated rings. The molecule has 0 aliphatic carbocycles. The van der Waals surface area contributed by atoms with E-state index in [1.54, 1.807) is 0 Å². The molecule has 0 N–H and O–H groups in total. The van der Waals surface area contributed by atoms with E-state index in [2.05, 4.69) is 4.74 Å². The minimum atomic E-state index is -3.67. The maximum Gasteiger partial charge on any atom is 0.289 e. The highest BCUT2D eigenvalue weighted by atomic mass is 19.3. The maximum absolute atomic E-state index is 13.0. The average Bonchev–Trinajstić information content (AvgIpc) is 2.26. The summed E-state index contributed by atoms with van der Waals surface area (Å²) in [6.45, 7) is -2.85. The third-order valence-corrected chi connectivity index (χ3v) is 1.94. The third kappa shape index (κ3) is 12.3. The molecule has 0 aromatic rings. The summed E-state index contributed by atoms with van der Waals surface area (Å²) in [5.41, 5.74) is 0. The van der Waals surface area contributed by atoms with Crippen LogP contribution in [0.4, 0.5) is 35.1 Å². The van der Waals surface area contributed by atoms with E-state index in [4.69, 9.17) is 0 Å². The number of halogens is 8. The van der Waals surface area contributed by atoms with Crippen LogP contribution in [0, 0.1) is 0 Å². The van der Waals surface area contributed by atoms with Crippen molar-refractivity contribution in [2.75, 3.05) is 13.2 Å². The van der Waals surface area contributed by atoms with Gasteiger partial charge in [0, 0.05) is 12.8 Å². The van der Waals surface area contributed by atoms with Gasteiger partial charge < -0.3 is 4.74 Å². The van der Waals surface area contributed by atoms with Crippen LogP contribution in [0.5, 0.6) is 0 Å². The molecule has 21 heavy (non-hydrogen) atoms. The lowest BCUT2D eigenvalue weighted by Gasteiger charge is -2.16. The Kier molecular flexibility index (Phi) is 8.53. The molecule has 0 aliphatic rings. The van der Waals surface area contributed by atoms with Gasteiger partial charge in [0.15, 0.2) is 0 Å². The topological polar surface area (TPSA) is 9.23 Å². The molecule has 0 rings (SSSR count). The summed E-state index contributed by atoms with van der Waals surface area (Å²) in [4.78, 5) is 0. The van der Waals surface area contributed by atoms with Gasteiger partial charge in [-0.1, -0.05) is 12.2 Å². The van der Waals surface area contributed by atoms with Gasteiger partial charge in [-0.15, -0.1) is 0 Å². The molecule has 0 saturated carbocycles. The zero-order chi connectivity index (χ0) is 16.5. The standard InChI is InChI=1S/C12H14F8O/c13-9(14)3-1-5-11(17,18)7-21-8-12(19,20)6-2-4-10(15)16/h1-2,5-6,9-10H,3-4,7-8H2. The molecule has 124 valence electrons. The van der Waals surface area contributed by atoms with E-state index in [0.29, 0.717) is 12.2 Å². The smallest absolute Gasteiger partial charge is 0.289 e. The SMILES string of the molecule is FC(F)CC=CC(F)(F)COCC(F)(F)C=CCC(F)F. The van der Waals surface area contributed by atoms with Crippen LogP contribution >= 0.6 is 0 Å². The van der Waals surface area contributed by atoms with Gasteiger partial charge in [0.05, 0.1) is 0 Å². The van der Waals surface area contributed by atoms with Crippen LogP contribution in [0.15, 0.2) is 24.3 Å². The van der Waals surface area contributed by atoms with Crippen LogP contribution in [0.25, 0.3) is 0 Å². The van der Waals surface area contributed by atoms with Crippen LogP contribution in [-0.2, 0) is 4.74 Å². The molecule has 0 amide bonds. The summed E-state index contributed by atoms with van der Waals surface area (Å²) < 4.78 is 103. The van der Waals surface area contributed by atoms with E-state index < -0.39 is 50.8 Å². The summed E-state index contributed by atoms with van der Waals surface area (Å²) in [5.74, 6) is -7.34.